The van der Waals surface area contributed by atoms with Gasteiger partial charge in [0.05, 0.1) is 6.61 Å². The normalized spacial score (nSPS) is 11.5. The molecule has 2 nitrogen and oxygen atoms in total. The van der Waals surface area contributed by atoms with Crippen LogP contribution < -0.4 is 0 Å². The van der Waals surface area contributed by atoms with Crippen LogP contribution >= 0.6 is 8.69 Å². The van der Waals surface area contributed by atoms with Crippen LogP contribution in [0.5, 0.6) is 0 Å². The van der Waals surface area contributed by atoms with Crippen LogP contribution in [0.4, 0.5) is 0 Å². The SMILES string of the molecule is CCCCCCCCCCO[PH2]=O. The molecule has 1 atom stereocenters. The highest BCUT2D eigenvalue weighted by Gasteiger charge is 1.90. The molecule has 0 radical (unpaired) electrons. The molecule has 0 heterocycles. The summed E-state index contributed by atoms with van der Waals surface area (Å²) in [5.41, 5.74) is 0. The van der Waals surface area contributed by atoms with Gasteiger partial charge in [-0.1, -0.05) is 51.9 Å². The zero-order valence-electron chi connectivity index (χ0n) is 8.76. The van der Waals surface area contributed by atoms with E-state index in [2.05, 4.69) is 6.92 Å². The molecule has 13 heavy (non-hydrogen) atoms. The fourth-order valence-electron chi connectivity index (χ4n) is 1.37. The van der Waals surface area contributed by atoms with Crippen LogP contribution in [0.25, 0.3) is 0 Å². The Bertz CT molecular complexity index is 107. The third-order valence-electron chi connectivity index (χ3n) is 2.18. The Morgan fingerprint density at radius 2 is 1.46 bits per heavy atom. The van der Waals surface area contributed by atoms with Crippen molar-refractivity contribution in [1.82, 2.24) is 0 Å². The van der Waals surface area contributed by atoms with Gasteiger partial charge < -0.3 is 4.52 Å². The lowest BCUT2D eigenvalue weighted by molar-refractivity contribution is 0.328. The predicted molar refractivity (Wildman–Crippen MR) is 59.0 cm³/mol. The Labute approximate surface area is 83.3 Å². The minimum atomic E-state index is -0.983. The maximum Gasteiger partial charge on any atom is 0.179 e. The first-order valence-electron chi connectivity index (χ1n) is 5.47. The van der Waals surface area contributed by atoms with Crippen molar-refractivity contribution in [3.05, 3.63) is 0 Å². The molecule has 0 aromatic heterocycles. The van der Waals surface area contributed by atoms with E-state index < -0.39 is 8.69 Å². The summed E-state index contributed by atoms with van der Waals surface area (Å²) in [5.74, 6) is 0. The Morgan fingerprint density at radius 3 is 2.00 bits per heavy atom. The zero-order chi connectivity index (χ0) is 9.78. The number of hydrogen-bond donors (Lipinski definition) is 0. The van der Waals surface area contributed by atoms with E-state index in [0.717, 1.165) is 6.42 Å². The van der Waals surface area contributed by atoms with Crippen LogP contribution in [0.1, 0.15) is 58.3 Å². The molecule has 0 aromatic carbocycles. The standard InChI is InChI=1S/C10H23O2P/c1-2-3-4-5-6-7-8-9-10-12-13-11/h2-10,13H2,1H3. The van der Waals surface area contributed by atoms with E-state index in [1.165, 1.54) is 44.9 Å². The van der Waals surface area contributed by atoms with E-state index in [4.69, 9.17) is 4.52 Å². The molecule has 0 saturated heterocycles. The third kappa shape index (κ3) is 12.2. The first-order valence-corrected chi connectivity index (χ1v) is 6.41. The first-order chi connectivity index (χ1) is 6.41. The maximum absolute atomic E-state index is 10.00. The topological polar surface area (TPSA) is 26.3 Å². The first kappa shape index (κ1) is 13.2. The second-order valence-electron chi connectivity index (χ2n) is 3.44. The predicted octanol–water partition coefficient (Wildman–Crippen LogP) is 3.82. The summed E-state index contributed by atoms with van der Waals surface area (Å²) in [5, 5.41) is 0. The van der Waals surface area contributed by atoms with Crippen molar-refractivity contribution in [2.75, 3.05) is 6.61 Å². The van der Waals surface area contributed by atoms with Crippen molar-refractivity contribution in [2.45, 2.75) is 58.3 Å². The van der Waals surface area contributed by atoms with E-state index in [1.807, 2.05) is 0 Å². The molecule has 0 aromatic rings. The van der Waals surface area contributed by atoms with E-state index in [9.17, 15) is 4.57 Å². The molecule has 80 valence electrons. The van der Waals surface area contributed by atoms with Crippen molar-refractivity contribution in [1.29, 1.82) is 0 Å². The molecule has 0 aliphatic rings. The van der Waals surface area contributed by atoms with Crippen LogP contribution in [0.3, 0.4) is 0 Å². The van der Waals surface area contributed by atoms with E-state index >= 15 is 0 Å². The molecule has 0 aliphatic heterocycles. The van der Waals surface area contributed by atoms with Crippen molar-refractivity contribution >= 4 is 8.69 Å². The summed E-state index contributed by atoms with van der Waals surface area (Å²) in [4.78, 5) is 0. The van der Waals surface area contributed by atoms with Crippen LogP contribution in [0, 0.1) is 0 Å². The molecule has 0 bridgehead atoms. The lowest BCUT2D eigenvalue weighted by atomic mass is 10.1. The highest BCUT2D eigenvalue weighted by molar-refractivity contribution is 7.17. The van der Waals surface area contributed by atoms with Crippen molar-refractivity contribution in [2.24, 2.45) is 0 Å². The number of unbranched alkanes of at least 4 members (excludes halogenated alkanes) is 7. The minimum Gasteiger partial charge on any atom is -0.332 e. The van der Waals surface area contributed by atoms with Crippen LogP contribution in [0.15, 0.2) is 0 Å². The van der Waals surface area contributed by atoms with Gasteiger partial charge in [0.15, 0.2) is 8.69 Å². The molecule has 0 spiro atoms. The molecule has 0 fully saturated rings. The summed E-state index contributed by atoms with van der Waals surface area (Å²) in [6.07, 6.45) is 10.4. The highest BCUT2D eigenvalue weighted by Crippen LogP contribution is 2.08. The quantitative estimate of drug-likeness (QED) is 0.401. The van der Waals surface area contributed by atoms with Crippen LogP contribution in [0.2, 0.25) is 0 Å². The van der Waals surface area contributed by atoms with Crippen LogP contribution in [-0.4, -0.2) is 6.61 Å². The summed E-state index contributed by atoms with van der Waals surface area (Å²) < 4.78 is 14.8. The highest BCUT2D eigenvalue weighted by atomic mass is 31.1. The monoisotopic (exact) mass is 206 g/mol. The Morgan fingerprint density at radius 1 is 0.923 bits per heavy atom. The summed E-state index contributed by atoms with van der Waals surface area (Å²) in [6.45, 7) is 2.93. The van der Waals surface area contributed by atoms with E-state index in [-0.39, 0.29) is 0 Å². The fraction of sp³-hybridized carbons (Fsp3) is 1.00. The molecule has 0 aliphatic carbocycles. The second kappa shape index (κ2) is 12.2. The number of rotatable bonds is 10. The van der Waals surface area contributed by atoms with Gasteiger partial charge in [0.25, 0.3) is 0 Å². The molecule has 0 saturated carbocycles. The molecule has 0 amide bonds. The van der Waals surface area contributed by atoms with Crippen LogP contribution in [-0.2, 0) is 9.09 Å². The van der Waals surface area contributed by atoms with Gasteiger partial charge in [0, 0.05) is 0 Å². The Hall–Kier alpha value is 0.190. The molecule has 3 heteroatoms. The van der Waals surface area contributed by atoms with Gasteiger partial charge in [0.2, 0.25) is 0 Å². The third-order valence-corrected chi connectivity index (χ3v) is 2.56. The average Bonchev–Trinajstić information content (AvgIpc) is 2.16. The van der Waals surface area contributed by atoms with Crippen molar-refractivity contribution < 1.29 is 9.09 Å². The van der Waals surface area contributed by atoms with Gasteiger partial charge in [-0.3, -0.25) is 4.57 Å². The van der Waals surface area contributed by atoms with Gasteiger partial charge in [-0.25, -0.2) is 0 Å². The van der Waals surface area contributed by atoms with Gasteiger partial charge in [-0.05, 0) is 6.42 Å². The zero-order valence-corrected chi connectivity index (χ0v) is 9.91. The van der Waals surface area contributed by atoms with E-state index in [1.54, 1.807) is 0 Å². The molecule has 1 unspecified atom stereocenters. The van der Waals surface area contributed by atoms with Gasteiger partial charge >= 0.3 is 0 Å². The molecular formula is C10H23O2P. The summed E-state index contributed by atoms with van der Waals surface area (Å²) in [6, 6.07) is 0. The van der Waals surface area contributed by atoms with Gasteiger partial charge in [0.1, 0.15) is 0 Å². The fourth-order valence-corrected chi connectivity index (χ4v) is 1.63. The molecule has 0 rings (SSSR count). The minimum absolute atomic E-state index is 0.688. The van der Waals surface area contributed by atoms with Crippen molar-refractivity contribution in [3.8, 4) is 0 Å². The van der Waals surface area contributed by atoms with Gasteiger partial charge in [-0.2, -0.15) is 0 Å². The van der Waals surface area contributed by atoms with E-state index in [0.29, 0.717) is 6.61 Å². The summed E-state index contributed by atoms with van der Waals surface area (Å²) >= 11 is 0. The molecule has 0 N–H and O–H groups in total. The average molecular weight is 206 g/mol. The van der Waals surface area contributed by atoms with Gasteiger partial charge in [-0.15, -0.1) is 0 Å². The molecular weight excluding hydrogens is 183 g/mol. The largest absolute Gasteiger partial charge is 0.332 e. The smallest absolute Gasteiger partial charge is 0.179 e. The number of hydrogen-bond acceptors (Lipinski definition) is 2. The Kier molecular flexibility index (Phi) is 12.4. The second-order valence-corrected chi connectivity index (χ2v) is 3.97. The maximum atomic E-state index is 10.00. The van der Waals surface area contributed by atoms with Crippen molar-refractivity contribution in [3.63, 3.8) is 0 Å². The summed E-state index contributed by atoms with van der Waals surface area (Å²) in [7, 11) is -0.983. The lowest BCUT2D eigenvalue weighted by Gasteiger charge is -2.00. The lowest BCUT2D eigenvalue weighted by Crippen LogP contribution is -1.85. The Balaban J connectivity index is 2.79.